The molecule has 1 atom stereocenters. The standard InChI is InChI=1S/C16H15Cl3N2O3S/c1-10(16(22)20-12-6-7-14(18)15(19)9-12)21(25(2,23)24)13-5-3-4-11(17)8-13/h3-10H,1-2H3,(H,20,22)/t10-/m1/s1. The van der Waals surface area contributed by atoms with Crippen LogP contribution in [0.5, 0.6) is 0 Å². The van der Waals surface area contributed by atoms with Crippen LogP contribution in [-0.2, 0) is 14.8 Å². The normalized spacial score (nSPS) is 12.5. The van der Waals surface area contributed by atoms with E-state index in [9.17, 15) is 13.2 Å². The van der Waals surface area contributed by atoms with Crippen LogP contribution in [0.4, 0.5) is 11.4 Å². The van der Waals surface area contributed by atoms with Crippen molar-refractivity contribution in [3.05, 3.63) is 57.5 Å². The highest BCUT2D eigenvalue weighted by molar-refractivity contribution is 7.92. The molecule has 0 saturated carbocycles. The fourth-order valence-corrected chi connectivity index (χ4v) is 3.89. The summed E-state index contributed by atoms with van der Waals surface area (Å²) in [6.45, 7) is 1.48. The third kappa shape index (κ3) is 5.01. The zero-order chi connectivity index (χ0) is 18.8. The van der Waals surface area contributed by atoms with Crippen LogP contribution in [0.1, 0.15) is 6.92 Å². The van der Waals surface area contributed by atoms with Gasteiger partial charge in [-0.3, -0.25) is 9.10 Å². The summed E-state index contributed by atoms with van der Waals surface area (Å²) in [5.41, 5.74) is 0.706. The Balaban J connectivity index is 2.31. The number of sulfonamides is 1. The van der Waals surface area contributed by atoms with E-state index in [0.717, 1.165) is 10.6 Å². The number of hydrogen-bond acceptors (Lipinski definition) is 3. The average Bonchev–Trinajstić information content (AvgIpc) is 2.49. The van der Waals surface area contributed by atoms with Gasteiger partial charge < -0.3 is 5.32 Å². The Kier molecular flexibility index (Phi) is 6.21. The smallest absolute Gasteiger partial charge is 0.247 e. The van der Waals surface area contributed by atoms with E-state index in [1.165, 1.54) is 25.1 Å². The van der Waals surface area contributed by atoms with Crippen LogP contribution < -0.4 is 9.62 Å². The molecule has 0 aliphatic carbocycles. The highest BCUT2D eigenvalue weighted by atomic mass is 35.5. The van der Waals surface area contributed by atoms with Crippen LogP contribution in [0.3, 0.4) is 0 Å². The predicted octanol–water partition coefficient (Wildman–Crippen LogP) is 4.44. The van der Waals surface area contributed by atoms with Crippen molar-refractivity contribution in [1.82, 2.24) is 0 Å². The summed E-state index contributed by atoms with van der Waals surface area (Å²) in [6.07, 6.45) is 1.02. The van der Waals surface area contributed by atoms with Crippen molar-refractivity contribution in [2.75, 3.05) is 15.9 Å². The monoisotopic (exact) mass is 420 g/mol. The highest BCUT2D eigenvalue weighted by Crippen LogP contribution is 2.27. The lowest BCUT2D eigenvalue weighted by atomic mass is 10.2. The number of halogens is 3. The van der Waals surface area contributed by atoms with Crippen LogP contribution >= 0.6 is 34.8 Å². The molecule has 134 valence electrons. The zero-order valence-electron chi connectivity index (χ0n) is 13.3. The van der Waals surface area contributed by atoms with Gasteiger partial charge in [0.15, 0.2) is 0 Å². The van der Waals surface area contributed by atoms with Crippen molar-refractivity contribution >= 4 is 62.1 Å². The summed E-state index contributed by atoms with van der Waals surface area (Å²) in [5, 5.41) is 3.62. The molecule has 0 saturated heterocycles. The molecule has 0 aliphatic rings. The summed E-state index contributed by atoms with van der Waals surface area (Å²) >= 11 is 17.7. The molecule has 25 heavy (non-hydrogen) atoms. The molecular weight excluding hydrogens is 407 g/mol. The van der Waals surface area contributed by atoms with E-state index in [2.05, 4.69) is 5.32 Å². The molecule has 0 aromatic heterocycles. The SMILES string of the molecule is C[C@H](C(=O)Nc1ccc(Cl)c(Cl)c1)N(c1cccc(Cl)c1)S(C)(=O)=O. The van der Waals surface area contributed by atoms with Gasteiger partial charge in [0, 0.05) is 10.7 Å². The lowest BCUT2D eigenvalue weighted by Crippen LogP contribution is -2.45. The van der Waals surface area contributed by atoms with E-state index in [0.29, 0.717) is 21.4 Å². The molecule has 0 aliphatic heterocycles. The van der Waals surface area contributed by atoms with Crippen LogP contribution in [0.15, 0.2) is 42.5 Å². The van der Waals surface area contributed by atoms with Gasteiger partial charge in [-0.1, -0.05) is 40.9 Å². The summed E-state index contributed by atoms with van der Waals surface area (Å²) in [6, 6.07) is 9.85. The van der Waals surface area contributed by atoms with E-state index in [-0.39, 0.29) is 5.02 Å². The Morgan fingerprint density at radius 1 is 1.08 bits per heavy atom. The highest BCUT2D eigenvalue weighted by Gasteiger charge is 2.29. The second kappa shape index (κ2) is 7.83. The van der Waals surface area contributed by atoms with Gasteiger partial charge in [-0.25, -0.2) is 8.42 Å². The first-order chi connectivity index (χ1) is 11.6. The molecule has 0 heterocycles. The van der Waals surface area contributed by atoms with Crippen molar-refractivity contribution in [2.24, 2.45) is 0 Å². The molecule has 0 fully saturated rings. The van der Waals surface area contributed by atoms with Crippen molar-refractivity contribution in [3.8, 4) is 0 Å². The minimum absolute atomic E-state index is 0.280. The Morgan fingerprint density at radius 3 is 2.32 bits per heavy atom. The van der Waals surface area contributed by atoms with Crippen molar-refractivity contribution in [3.63, 3.8) is 0 Å². The number of nitrogens with one attached hydrogen (secondary N) is 1. The van der Waals surface area contributed by atoms with Gasteiger partial charge in [-0.2, -0.15) is 0 Å². The third-order valence-electron chi connectivity index (χ3n) is 3.34. The van der Waals surface area contributed by atoms with E-state index in [1.807, 2.05) is 0 Å². The number of carbonyl (C=O) groups excluding carboxylic acids is 1. The maximum absolute atomic E-state index is 12.5. The van der Waals surface area contributed by atoms with Gasteiger partial charge >= 0.3 is 0 Å². The number of rotatable bonds is 5. The van der Waals surface area contributed by atoms with E-state index < -0.39 is 22.0 Å². The lowest BCUT2D eigenvalue weighted by molar-refractivity contribution is -0.116. The molecule has 0 unspecified atom stereocenters. The molecule has 2 aromatic carbocycles. The predicted molar refractivity (Wildman–Crippen MR) is 103 cm³/mol. The van der Waals surface area contributed by atoms with E-state index in [1.54, 1.807) is 24.3 Å². The topological polar surface area (TPSA) is 66.5 Å². The number of amides is 1. The number of anilines is 2. The zero-order valence-corrected chi connectivity index (χ0v) is 16.4. The minimum atomic E-state index is -3.72. The number of hydrogen-bond donors (Lipinski definition) is 1. The van der Waals surface area contributed by atoms with Crippen molar-refractivity contribution < 1.29 is 13.2 Å². The fourth-order valence-electron chi connectivity index (χ4n) is 2.24. The average molecular weight is 422 g/mol. The second-order valence-corrected chi connectivity index (χ2v) is 8.44. The van der Waals surface area contributed by atoms with Gasteiger partial charge in [-0.05, 0) is 43.3 Å². The molecule has 1 N–H and O–H groups in total. The molecule has 2 aromatic rings. The Hall–Kier alpha value is -1.47. The minimum Gasteiger partial charge on any atom is -0.324 e. The van der Waals surface area contributed by atoms with Gasteiger partial charge in [0.2, 0.25) is 15.9 Å². The van der Waals surface area contributed by atoms with E-state index in [4.69, 9.17) is 34.8 Å². The Bertz CT molecular complexity index is 903. The first-order valence-electron chi connectivity index (χ1n) is 7.10. The fraction of sp³-hybridized carbons (Fsp3) is 0.188. The van der Waals surface area contributed by atoms with Crippen molar-refractivity contribution in [1.29, 1.82) is 0 Å². The van der Waals surface area contributed by atoms with Crippen LogP contribution in [0, 0.1) is 0 Å². The number of nitrogens with zero attached hydrogens (tertiary/aromatic N) is 1. The third-order valence-corrected chi connectivity index (χ3v) is 5.55. The molecule has 0 spiro atoms. The molecular formula is C16H15Cl3N2O3S. The molecule has 2 rings (SSSR count). The van der Waals surface area contributed by atoms with Crippen LogP contribution in [0.2, 0.25) is 15.1 Å². The molecule has 0 radical (unpaired) electrons. The maximum atomic E-state index is 12.5. The number of benzene rings is 2. The Morgan fingerprint density at radius 2 is 1.76 bits per heavy atom. The van der Waals surface area contributed by atoms with Crippen LogP contribution in [0.25, 0.3) is 0 Å². The first kappa shape index (κ1) is 19.8. The van der Waals surface area contributed by atoms with Gasteiger partial charge in [0.25, 0.3) is 0 Å². The summed E-state index contributed by atoms with van der Waals surface area (Å²) in [7, 11) is -3.72. The van der Waals surface area contributed by atoms with Crippen LogP contribution in [-0.4, -0.2) is 26.6 Å². The summed E-state index contributed by atoms with van der Waals surface area (Å²) in [4.78, 5) is 12.5. The molecule has 5 nitrogen and oxygen atoms in total. The first-order valence-corrected chi connectivity index (χ1v) is 10.1. The van der Waals surface area contributed by atoms with Crippen molar-refractivity contribution in [2.45, 2.75) is 13.0 Å². The van der Waals surface area contributed by atoms with E-state index >= 15 is 0 Å². The van der Waals surface area contributed by atoms with Gasteiger partial charge in [0.1, 0.15) is 6.04 Å². The lowest BCUT2D eigenvalue weighted by Gasteiger charge is -2.28. The maximum Gasteiger partial charge on any atom is 0.247 e. The molecule has 0 bridgehead atoms. The molecule has 1 amide bonds. The Labute approximate surface area is 161 Å². The number of carbonyl (C=O) groups is 1. The second-order valence-electron chi connectivity index (χ2n) is 5.33. The van der Waals surface area contributed by atoms with Gasteiger partial charge in [-0.15, -0.1) is 0 Å². The van der Waals surface area contributed by atoms with Gasteiger partial charge in [0.05, 0.1) is 22.0 Å². The molecule has 9 heteroatoms. The quantitative estimate of drug-likeness (QED) is 0.776. The largest absolute Gasteiger partial charge is 0.324 e. The summed E-state index contributed by atoms with van der Waals surface area (Å²) < 4.78 is 25.4. The summed E-state index contributed by atoms with van der Waals surface area (Å²) in [5.74, 6) is -0.524.